The van der Waals surface area contributed by atoms with Crippen molar-refractivity contribution in [2.75, 3.05) is 25.0 Å². The Morgan fingerprint density at radius 1 is 1.24 bits per heavy atom. The van der Waals surface area contributed by atoms with Crippen LogP contribution >= 0.6 is 23.2 Å². The van der Waals surface area contributed by atoms with Crippen molar-refractivity contribution in [3.05, 3.63) is 50.4 Å². The number of aromatic amines is 1. The average Bonchev–Trinajstić information content (AvgIpc) is 3.28. The number of aliphatic hydroxyl groups excluding tert-OH is 3. The van der Waals surface area contributed by atoms with Crippen LogP contribution in [-0.4, -0.2) is 77.8 Å². The van der Waals surface area contributed by atoms with Crippen molar-refractivity contribution in [2.24, 2.45) is 0 Å². The predicted molar refractivity (Wildman–Crippen MR) is 126 cm³/mol. The Bertz CT molecular complexity index is 1240. The lowest BCUT2D eigenvalue weighted by Gasteiger charge is -2.34. The maximum absolute atomic E-state index is 12.8. The van der Waals surface area contributed by atoms with Gasteiger partial charge in [0.05, 0.1) is 28.9 Å². The molecule has 0 spiro atoms. The van der Waals surface area contributed by atoms with Gasteiger partial charge in [0.1, 0.15) is 11.6 Å². The number of likely N-dealkylation sites (tertiary alicyclic amines) is 1. The smallest absolute Gasteiger partial charge is 0.278 e. The number of rotatable bonds is 7. The van der Waals surface area contributed by atoms with Crippen LogP contribution in [0.3, 0.4) is 0 Å². The van der Waals surface area contributed by atoms with Crippen LogP contribution in [0.25, 0.3) is 11.0 Å². The van der Waals surface area contributed by atoms with Gasteiger partial charge in [-0.05, 0) is 30.5 Å². The first-order chi connectivity index (χ1) is 16.3. The van der Waals surface area contributed by atoms with E-state index in [0.29, 0.717) is 59.5 Å². The van der Waals surface area contributed by atoms with Crippen molar-refractivity contribution < 1.29 is 20.1 Å². The van der Waals surface area contributed by atoms with Crippen molar-refractivity contribution in [3.8, 4) is 0 Å². The quantitative estimate of drug-likeness (QED) is 0.314. The van der Waals surface area contributed by atoms with Crippen molar-refractivity contribution in [2.45, 2.75) is 37.6 Å². The van der Waals surface area contributed by atoms with Crippen molar-refractivity contribution in [1.29, 1.82) is 0 Å². The third-order valence-corrected chi connectivity index (χ3v) is 6.56. The SMILES string of the molecule is O=C(C(O)C(O)CO)N1CCC(n2ncc3nc(NCc4ccc(Cl)c(Cl)c4)[nH]c(=O)c32)CC1. The van der Waals surface area contributed by atoms with Gasteiger partial charge in [-0.3, -0.25) is 19.3 Å². The summed E-state index contributed by atoms with van der Waals surface area (Å²) in [4.78, 5) is 33.7. The van der Waals surface area contributed by atoms with Crippen molar-refractivity contribution >= 4 is 46.1 Å². The first-order valence-corrected chi connectivity index (χ1v) is 11.4. The van der Waals surface area contributed by atoms with E-state index in [-0.39, 0.29) is 11.6 Å². The minimum Gasteiger partial charge on any atom is -0.394 e. The number of hydrogen-bond acceptors (Lipinski definition) is 8. The molecular weight excluding hydrogens is 487 g/mol. The summed E-state index contributed by atoms with van der Waals surface area (Å²) >= 11 is 12.0. The lowest BCUT2D eigenvalue weighted by atomic mass is 10.0. The Kier molecular flexibility index (Phi) is 7.39. The van der Waals surface area contributed by atoms with Crippen LogP contribution in [0.1, 0.15) is 24.4 Å². The number of benzene rings is 1. The molecule has 2 aromatic heterocycles. The van der Waals surface area contributed by atoms with Crippen LogP contribution in [0.2, 0.25) is 10.0 Å². The molecule has 4 rings (SSSR count). The lowest BCUT2D eigenvalue weighted by Crippen LogP contribution is -2.49. The molecule has 182 valence electrons. The van der Waals surface area contributed by atoms with E-state index in [9.17, 15) is 19.8 Å². The average molecular weight is 511 g/mol. The third-order valence-electron chi connectivity index (χ3n) is 5.83. The fourth-order valence-corrected chi connectivity index (χ4v) is 4.27. The van der Waals surface area contributed by atoms with Gasteiger partial charge in [-0.15, -0.1) is 0 Å². The van der Waals surface area contributed by atoms with E-state index < -0.39 is 24.7 Å². The summed E-state index contributed by atoms with van der Waals surface area (Å²) in [5.41, 5.74) is 1.28. The number of nitrogens with one attached hydrogen (secondary N) is 2. The molecule has 0 bridgehead atoms. The molecule has 0 aliphatic carbocycles. The molecule has 3 heterocycles. The molecule has 0 radical (unpaired) electrons. The molecule has 1 fully saturated rings. The predicted octanol–water partition coefficient (Wildman–Crippen LogP) is 0.916. The molecular formula is C21H24Cl2N6O5. The summed E-state index contributed by atoms with van der Waals surface area (Å²) in [7, 11) is 0. The zero-order chi connectivity index (χ0) is 24.4. The molecule has 13 heteroatoms. The Labute approximate surface area is 203 Å². The van der Waals surface area contributed by atoms with Gasteiger partial charge in [-0.2, -0.15) is 5.10 Å². The first-order valence-electron chi connectivity index (χ1n) is 10.7. The van der Waals surface area contributed by atoms with Gasteiger partial charge >= 0.3 is 0 Å². The molecule has 1 amide bonds. The summed E-state index contributed by atoms with van der Waals surface area (Å²) in [6.45, 7) is 0.300. The van der Waals surface area contributed by atoms with Crippen molar-refractivity contribution in [3.63, 3.8) is 0 Å². The van der Waals surface area contributed by atoms with Gasteiger partial charge in [0.15, 0.2) is 11.6 Å². The van der Waals surface area contributed by atoms with Gasteiger partial charge < -0.3 is 25.5 Å². The highest BCUT2D eigenvalue weighted by atomic mass is 35.5. The molecule has 3 aromatic rings. The number of anilines is 1. The molecule has 1 aliphatic heterocycles. The Balaban J connectivity index is 1.44. The molecule has 5 N–H and O–H groups in total. The van der Waals surface area contributed by atoms with Gasteiger partial charge in [0.25, 0.3) is 11.5 Å². The van der Waals surface area contributed by atoms with E-state index in [1.54, 1.807) is 16.8 Å². The summed E-state index contributed by atoms with van der Waals surface area (Å²) < 4.78 is 1.62. The maximum atomic E-state index is 12.8. The van der Waals surface area contributed by atoms with Gasteiger partial charge in [0.2, 0.25) is 5.95 Å². The molecule has 1 saturated heterocycles. The Morgan fingerprint density at radius 2 is 1.97 bits per heavy atom. The topological polar surface area (TPSA) is 157 Å². The third kappa shape index (κ3) is 5.03. The van der Waals surface area contributed by atoms with Gasteiger partial charge in [-0.25, -0.2) is 4.98 Å². The van der Waals surface area contributed by atoms with E-state index in [1.807, 2.05) is 6.07 Å². The largest absolute Gasteiger partial charge is 0.394 e. The van der Waals surface area contributed by atoms with Crippen LogP contribution in [0.5, 0.6) is 0 Å². The number of aliphatic hydroxyl groups is 3. The zero-order valence-corrected chi connectivity index (χ0v) is 19.5. The van der Waals surface area contributed by atoms with Crippen LogP contribution in [0, 0.1) is 0 Å². The standard InChI is InChI=1S/C21H24Cl2N6O5/c22-13-2-1-11(7-14(13)23)8-24-21-26-15-9-25-29(17(15)19(33)27-21)12-3-5-28(6-4-12)20(34)18(32)16(31)10-30/h1-2,7,9,12,16,18,30-32H,3-6,8,10H2,(H2,24,26,27,33). The number of amides is 1. The van der Waals surface area contributed by atoms with E-state index in [2.05, 4.69) is 20.4 Å². The Hall–Kier alpha value is -2.70. The summed E-state index contributed by atoms with van der Waals surface area (Å²) in [5.74, 6) is -0.345. The van der Waals surface area contributed by atoms with Gasteiger partial charge in [0, 0.05) is 19.6 Å². The highest BCUT2D eigenvalue weighted by molar-refractivity contribution is 6.42. The maximum Gasteiger partial charge on any atom is 0.278 e. The lowest BCUT2D eigenvalue weighted by molar-refractivity contribution is -0.149. The van der Waals surface area contributed by atoms with Gasteiger partial charge in [-0.1, -0.05) is 29.3 Å². The number of hydrogen-bond donors (Lipinski definition) is 5. The fraction of sp³-hybridized carbons (Fsp3) is 0.429. The molecule has 11 nitrogen and oxygen atoms in total. The minimum absolute atomic E-state index is 0.139. The molecule has 34 heavy (non-hydrogen) atoms. The number of H-pyrrole nitrogens is 1. The number of carbonyl (C=O) groups excluding carboxylic acids is 1. The highest BCUT2D eigenvalue weighted by Crippen LogP contribution is 2.26. The van der Waals surface area contributed by atoms with E-state index >= 15 is 0 Å². The van der Waals surface area contributed by atoms with Crippen LogP contribution in [-0.2, 0) is 11.3 Å². The second-order valence-electron chi connectivity index (χ2n) is 8.09. The van der Waals surface area contributed by atoms with Crippen LogP contribution < -0.4 is 10.9 Å². The number of aromatic nitrogens is 4. The van der Waals surface area contributed by atoms with Crippen LogP contribution in [0.15, 0.2) is 29.2 Å². The molecule has 1 aliphatic rings. The fourth-order valence-electron chi connectivity index (χ4n) is 3.95. The van der Waals surface area contributed by atoms with E-state index in [1.165, 1.54) is 11.1 Å². The number of nitrogens with zero attached hydrogens (tertiary/aromatic N) is 4. The Morgan fingerprint density at radius 3 is 2.65 bits per heavy atom. The number of halogens is 2. The summed E-state index contributed by atoms with van der Waals surface area (Å²) in [6.07, 6.45) is -0.672. The normalized spacial score (nSPS) is 16.6. The number of fused-ring (bicyclic) bond motifs is 1. The number of piperidine rings is 1. The zero-order valence-electron chi connectivity index (χ0n) is 18.0. The van der Waals surface area contributed by atoms with Crippen molar-refractivity contribution in [1.82, 2.24) is 24.6 Å². The van der Waals surface area contributed by atoms with E-state index in [0.717, 1.165) is 5.56 Å². The monoisotopic (exact) mass is 510 g/mol. The minimum atomic E-state index is -1.67. The van der Waals surface area contributed by atoms with Crippen LogP contribution in [0.4, 0.5) is 5.95 Å². The molecule has 2 atom stereocenters. The second kappa shape index (κ2) is 10.3. The molecule has 1 aromatic carbocycles. The summed E-state index contributed by atoms with van der Waals surface area (Å²) in [5, 5.41) is 36.6. The van der Waals surface area contributed by atoms with E-state index in [4.69, 9.17) is 28.3 Å². The molecule has 2 unspecified atom stereocenters. The first kappa shape index (κ1) is 24.4. The second-order valence-corrected chi connectivity index (χ2v) is 8.91. The molecule has 0 saturated carbocycles. The summed E-state index contributed by atoms with van der Waals surface area (Å²) in [6, 6.07) is 5.10. The highest BCUT2D eigenvalue weighted by Gasteiger charge is 2.32. The number of carbonyl (C=O) groups is 1.